The van der Waals surface area contributed by atoms with Gasteiger partial charge in [0.1, 0.15) is 17.5 Å². The lowest BCUT2D eigenvalue weighted by Gasteiger charge is -2.38. The zero-order valence-corrected chi connectivity index (χ0v) is 20.1. The van der Waals surface area contributed by atoms with Crippen LogP contribution in [0.1, 0.15) is 28.8 Å². The molecule has 1 saturated heterocycles. The minimum Gasteiger partial charge on any atom is -0.435 e. The number of piperidine rings is 1. The van der Waals surface area contributed by atoms with E-state index in [0.29, 0.717) is 16.6 Å². The summed E-state index contributed by atoms with van der Waals surface area (Å²) in [6.45, 7) is -0.361. The van der Waals surface area contributed by atoms with Crippen molar-refractivity contribution in [2.75, 3.05) is 13.1 Å². The maximum atomic E-state index is 13.1. The molecule has 5 rings (SSSR count). The molecule has 0 unspecified atom stereocenters. The molecule has 0 radical (unpaired) electrons. The molecule has 0 atom stereocenters. The van der Waals surface area contributed by atoms with Crippen LogP contribution in [0.2, 0.25) is 0 Å². The Morgan fingerprint density at radius 1 is 1.11 bits per heavy atom. The highest BCUT2D eigenvalue weighted by molar-refractivity contribution is 5.94. The summed E-state index contributed by atoms with van der Waals surface area (Å²) in [5, 5.41) is 15.9. The van der Waals surface area contributed by atoms with Gasteiger partial charge in [0.15, 0.2) is 5.65 Å². The van der Waals surface area contributed by atoms with Crippen LogP contribution in [0.15, 0.2) is 65.8 Å². The molecule has 0 spiro atoms. The largest absolute Gasteiger partial charge is 0.435 e. The molecule has 2 aromatic carbocycles. The fourth-order valence-electron chi connectivity index (χ4n) is 4.50. The lowest BCUT2D eigenvalue weighted by atomic mass is 9.91. The van der Waals surface area contributed by atoms with Crippen LogP contribution in [0.4, 0.5) is 8.78 Å². The molecule has 0 saturated carbocycles. The van der Waals surface area contributed by atoms with Gasteiger partial charge >= 0.3 is 6.61 Å². The van der Waals surface area contributed by atoms with Crippen LogP contribution in [0.5, 0.6) is 5.75 Å². The number of rotatable bonds is 6. The molecule has 0 aliphatic carbocycles. The van der Waals surface area contributed by atoms with Crippen LogP contribution in [0.25, 0.3) is 16.7 Å². The molecule has 37 heavy (non-hydrogen) atoms. The van der Waals surface area contributed by atoms with Crippen molar-refractivity contribution >= 4 is 16.9 Å². The number of amides is 1. The summed E-state index contributed by atoms with van der Waals surface area (Å²) in [4.78, 5) is 32.0. The summed E-state index contributed by atoms with van der Waals surface area (Å²) < 4.78 is 32.0. The van der Waals surface area contributed by atoms with Gasteiger partial charge in [-0.2, -0.15) is 13.9 Å². The van der Waals surface area contributed by atoms with Crippen molar-refractivity contribution in [2.45, 2.75) is 38.5 Å². The molecule has 4 aromatic rings. The first-order valence-electron chi connectivity index (χ1n) is 11.8. The summed E-state index contributed by atoms with van der Waals surface area (Å²) in [6, 6.07) is 13.2. The number of aliphatic hydroxyl groups is 1. The number of carbonyl (C=O) groups is 1. The van der Waals surface area contributed by atoms with Crippen LogP contribution in [0.3, 0.4) is 0 Å². The van der Waals surface area contributed by atoms with E-state index < -0.39 is 12.2 Å². The summed E-state index contributed by atoms with van der Waals surface area (Å²) in [5.74, 6) is -0.297. The third kappa shape index (κ3) is 5.08. The lowest BCUT2D eigenvalue weighted by Crippen LogP contribution is -2.49. The van der Waals surface area contributed by atoms with E-state index in [4.69, 9.17) is 0 Å². The smallest absolute Gasteiger partial charge is 0.387 e. The third-order valence-corrected chi connectivity index (χ3v) is 6.61. The number of ether oxygens (including phenoxy) is 1. The molecule has 3 heterocycles. The number of nitrogens with zero attached hydrogens (tertiary/aromatic N) is 5. The fraction of sp³-hybridized carbons (Fsp3) is 0.308. The molecular formula is C26H25F2N5O4. The Kier molecular flexibility index (Phi) is 6.46. The normalized spacial score (nSPS) is 15.3. The van der Waals surface area contributed by atoms with E-state index >= 15 is 0 Å². The average Bonchev–Trinajstić information content (AvgIpc) is 3.31. The Morgan fingerprint density at radius 2 is 1.78 bits per heavy atom. The van der Waals surface area contributed by atoms with Gasteiger partial charge in [0.05, 0.1) is 24.0 Å². The van der Waals surface area contributed by atoms with Crippen molar-refractivity contribution < 1.29 is 23.4 Å². The highest BCUT2D eigenvalue weighted by Crippen LogP contribution is 2.26. The molecule has 1 N–H and O–H groups in total. The van der Waals surface area contributed by atoms with E-state index in [1.165, 1.54) is 41.4 Å². The van der Waals surface area contributed by atoms with Crippen LogP contribution in [0, 0.1) is 6.92 Å². The number of fused-ring (bicyclic) bond motifs is 1. The number of aryl methyl sites for hydroxylation is 1. The molecule has 1 amide bonds. The van der Waals surface area contributed by atoms with Gasteiger partial charge in [0.25, 0.3) is 11.5 Å². The van der Waals surface area contributed by atoms with Gasteiger partial charge in [-0.05, 0) is 56.2 Å². The molecule has 9 nitrogen and oxygen atoms in total. The van der Waals surface area contributed by atoms with Crippen LogP contribution in [-0.2, 0) is 6.54 Å². The summed E-state index contributed by atoms with van der Waals surface area (Å²) in [7, 11) is 0. The van der Waals surface area contributed by atoms with Crippen molar-refractivity contribution in [3.63, 3.8) is 0 Å². The molecule has 192 valence electrons. The van der Waals surface area contributed by atoms with Gasteiger partial charge in [-0.1, -0.05) is 17.7 Å². The quantitative estimate of drug-likeness (QED) is 0.429. The number of aromatic nitrogens is 4. The monoisotopic (exact) mass is 509 g/mol. The molecule has 1 aliphatic rings. The predicted octanol–water partition coefficient (Wildman–Crippen LogP) is 3.16. The van der Waals surface area contributed by atoms with Crippen molar-refractivity contribution in [1.29, 1.82) is 0 Å². The van der Waals surface area contributed by atoms with Gasteiger partial charge in [-0.25, -0.2) is 9.67 Å². The molecule has 1 aliphatic heterocycles. The Morgan fingerprint density at radius 3 is 2.43 bits per heavy atom. The number of halogens is 2. The number of hydrogen-bond acceptors (Lipinski definition) is 6. The highest BCUT2D eigenvalue weighted by Gasteiger charge is 2.35. The Balaban J connectivity index is 1.27. The number of benzene rings is 2. The van der Waals surface area contributed by atoms with E-state index in [9.17, 15) is 23.5 Å². The first kappa shape index (κ1) is 24.6. The fourth-order valence-corrected chi connectivity index (χ4v) is 4.50. The van der Waals surface area contributed by atoms with Crippen molar-refractivity contribution in [2.24, 2.45) is 0 Å². The van der Waals surface area contributed by atoms with Gasteiger partial charge in [-0.3, -0.25) is 14.2 Å². The van der Waals surface area contributed by atoms with Gasteiger partial charge < -0.3 is 14.7 Å². The van der Waals surface area contributed by atoms with Crippen LogP contribution >= 0.6 is 0 Å². The van der Waals surface area contributed by atoms with Crippen LogP contribution in [-0.4, -0.2) is 60.5 Å². The number of hydrogen-bond donors (Lipinski definition) is 1. The second kappa shape index (κ2) is 9.74. The van der Waals surface area contributed by atoms with Gasteiger partial charge in [0.2, 0.25) is 0 Å². The van der Waals surface area contributed by atoms with Crippen molar-refractivity contribution in [3.05, 3.63) is 82.5 Å². The first-order chi connectivity index (χ1) is 17.7. The standard InChI is InChI=1S/C26H25F2N5O4/c1-17-2-6-19(7-3-17)33-22-21(14-30-33)24(35)32(16-29-22)15-26(36)10-12-31(13-11-26)23(34)18-4-8-20(9-5-18)37-25(27)28/h2-9,14,16,25,36H,10-13,15H2,1H3. The Bertz CT molecular complexity index is 1470. The number of alkyl halides is 2. The molecule has 11 heteroatoms. The average molecular weight is 510 g/mol. The van der Waals surface area contributed by atoms with E-state index in [-0.39, 0.29) is 49.7 Å². The maximum Gasteiger partial charge on any atom is 0.387 e. The highest BCUT2D eigenvalue weighted by atomic mass is 19.3. The Labute approximate surface area is 210 Å². The minimum atomic E-state index is -2.94. The zero-order chi connectivity index (χ0) is 26.2. The molecule has 1 fully saturated rings. The zero-order valence-electron chi connectivity index (χ0n) is 20.1. The van der Waals surface area contributed by atoms with E-state index in [2.05, 4.69) is 14.8 Å². The number of likely N-dealkylation sites (tertiary alicyclic amines) is 1. The van der Waals surface area contributed by atoms with Crippen molar-refractivity contribution in [3.8, 4) is 11.4 Å². The molecule has 2 aromatic heterocycles. The van der Waals surface area contributed by atoms with Gasteiger partial charge in [0, 0.05) is 18.7 Å². The summed E-state index contributed by atoms with van der Waals surface area (Å²) >= 11 is 0. The molecule has 0 bridgehead atoms. The van der Waals surface area contributed by atoms with E-state index in [1.54, 1.807) is 9.58 Å². The SMILES string of the molecule is Cc1ccc(-n2ncc3c(=O)n(CC4(O)CCN(C(=O)c5ccc(OC(F)F)cc5)CC4)cnc32)cc1. The second-order valence-corrected chi connectivity index (χ2v) is 9.23. The summed E-state index contributed by atoms with van der Waals surface area (Å²) in [5.41, 5.74) is 1.16. The second-order valence-electron chi connectivity index (χ2n) is 9.23. The van der Waals surface area contributed by atoms with Gasteiger partial charge in [-0.15, -0.1) is 0 Å². The third-order valence-electron chi connectivity index (χ3n) is 6.61. The minimum absolute atomic E-state index is 0.0278. The lowest BCUT2D eigenvalue weighted by molar-refractivity contribution is -0.0498. The van der Waals surface area contributed by atoms with E-state index in [0.717, 1.165) is 11.3 Å². The van der Waals surface area contributed by atoms with E-state index in [1.807, 2.05) is 31.2 Å². The predicted molar refractivity (Wildman–Crippen MR) is 131 cm³/mol. The van der Waals surface area contributed by atoms with Crippen molar-refractivity contribution in [1.82, 2.24) is 24.2 Å². The topological polar surface area (TPSA) is 102 Å². The Hall–Kier alpha value is -4.12. The first-order valence-corrected chi connectivity index (χ1v) is 11.8. The van der Waals surface area contributed by atoms with Crippen LogP contribution < -0.4 is 10.3 Å². The molecular weight excluding hydrogens is 484 g/mol. The number of carbonyl (C=O) groups excluding carboxylic acids is 1. The summed E-state index contributed by atoms with van der Waals surface area (Å²) in [6.07, 6.45) is 3.41. The maximum absolute atomic E-state index is 13.1.